The first-order chi connectivity index (χ1) is 9.50. The van der Waals surface area contributed by atoms with Gasteiger partial charge in [0.15, 0.2) is 0 Å². The van der Waals surface area contributed by atoms with Crippen molar-refractivity contribution in [3.8, 4) is 6.07 Å². The van der Waals surface area contributed by atoms with Crippen LogP contribution in [0.15, 0.2) is 30.5 Å². The minimum Gasteiger partial charge on any atom is -0.384 e. The van der Waals surface area contributed by atoms with E-state index in [1.165, 1.54) is 6.20 Å². The molecule has 2 rings (SSSR count). The molecule has 0 saturated heterocycles. The molecule has 0 aliphatic heterocycles. The third-order valence-electron chi connectivity index (χ3n) is 2.67. The summed E-state index contributed by atoms with van der Waals surface area (Å²) in [6, 6.07) is 8.37. The molecule has 0 amide bonds. The zero-order valence-corrected chi connectivity index (χ0v) is 11.3. The second-order valence-electron chi connectivity index (χ2n) is 4.20. The third-order valence-corrected chi connectivity index (χ3v) is 3.97. The molecule has 0 spiro atoms. The minimum atomic E-state index is -3.48. The van der Waals surface area contributed by atoms with Gasteiger partial charge in [-0.1, -0.05) is 12.1 Å². The first-order valence-corrected chi connectivity index (χ1v) is 7.39. The first kappa shape index (κ1) is 14.0. The standard InChI is InChI=1S/C12H13N5O2S/c13-5-9-1-3-10(4-2-9)8-20(18,19)16-7-11-6-15-17-12(11)14/h1-4,6,16H,7-8H2,(H3,14,15,17). The van der Waals surface area contributed by atoms with E-state index in [0.29, 0.717) is 22.5 Å². The van der Waals surface area contributed by atoms with Gasteiger partial charge in [-0.25, -0.2) is 13.1 Å². The largest absolute Gasteiger partial charge is 0.384 e. The molecule has 1 heterocycles. The lowest BCUT2D eigenvalue weighted by Gasteiger charge is -2.06. The monoisotopic (exact) mass is 291 g/mol. The molecule has 4 N–H and O–H groups in total. The number of aromatic amines is 1. The van der Waals surface area contributed by atoms with Crippen molar-refractivity contribution in [2.75, 3.05) is 5.73 Å². The molecule has 0 radical (unpaired) electrons. The Labute approximate surface area is 116 Å². The van der Waals surface area contributed by atoms with Crippen molar-refractivity contribution in [3.63, 3.8) is 0 Å². The smallest absolute Gasteiger partial charge is 0.216 e. The number of nitrogen functional groups attached to an aromatic ring is 1. The SMILES string of the molecule is N#Cc1ccc(CS(=O)(=O)NCc2cn[nH]c2N)cc1. The van der Waals surface area contributed by atoms with Crippen LogP contribution in [0.3, 0.4) is 0 Å². The number of nitrogens with two attached hydrogens (primary N) is 1. The maximum absolute atomic E-state index is 11.9. The van der Waals surface area contributed by atoms with Crippen LogP contribution in [0.4, 0.5) is 5.82 Å². The first-order valence-electron chi connectivity index (χ1n) is 5.74. The van der Waals surface area contributed by atoms with Gasteiger partial charge in [-0.3, -0.25) is 5.10 Å². The molecule has 0 aliphatic rings. The quantitative estimate of drug-likeness (QED) is 0.739. The van der Waals surface area contributed by atoms with Gasteiger partial charge in [-0.05, 0) is 17.7 Å². The topological polar surface area (TPSA) is 125 Å². The molecule has 104 valence electrons. The summed E-state index contributed by atoms with van der Waals surface area (Å²) in [5, 5.41) is 14.9. The maximum Gasteiger partial charge on any atom is 0.216 e. The lowest BCUT2D eigenvalue weighted by Crippen LogP contribution is -2.24. The molecule has 0 bridgehead atoms. The Morgan fingerprint density at radius 2 is 2.05 bits per heavy atom. The summed E-state index contributed by atoms with van der Waals surface area (Å²) in [6.45, 7) is 0.0843. The van der Waals surface area contributed by atoms with Gasteiger partial charge in [0.05, 0.1) is 23.6 Å². The number of anilines is 1. The molecule has 0 atom stereocenters. The second-order valence-corrected chi connectivity index (χ2v) is 6.00. The Balaban J connectivity index is 2.00. The van der Waals surface area contributed by atoms with Crippen molar-refractivity contribution in [1.82, 2.24) is 14.9 Å². The van der Waals surface area contributed by atoms with E-state index in [1.807, 2.05) is 6.07 Å². The van der Waals surface area contributed by atoms with E-state index >= 15 is 0 Å². The molecular weight excluding hydrogens is 278 g/mol. The number of H-pyrrole nitrogens is 1. The van der Waals surface area contributed by atoms with Crippen LogP contribution in [0, 0.1) is 11.3 Å². The number of aromatic nitrogens is 2. The number of nitriles is 1. The fourth-order valence-electron chi connectivity index (χ4n) is 1.60. The van der Waals surface area contributed by atoms with Gasteiger partial charge >= 0.3 is 0 Å². The molecule has 7 nitrogen and oxygen atoms in total. The van der Waals surface area contributed by atoms with Gasteiger partial charge in [0.25, 0.3) is 0 Å². The average Bonchev–Trinajstić information content (AvgIpc) is 2.83. The fraction of sp³-hybridized carbons (Fsp3) is 0.167. The molecule has 1 aromatic heterocycles. The van der Waals surface area contributed by atoms with Crippen LogP contribution in [0.1, 0.15) is 16.7 Å². The van der Waals surface area contributed by atoms with Crippen LogP contribution in [0.5, 0.6) is 0 Å². The van der Waals surface area contributed by atoms with Crippen LogP contribution in [0.2, 0.25) is 0 Å². The van der Waals surface area contributed by atoms with Gasteiger partial charge in [0, 0.05) is 12.1 Å². The number of nitrogens with one attached hydrogen (secondary N) is 2. The lowest BCUT2D eigenvalue weighted by molar-refractivity contribution is 0.580. The van der Waals surface area contributed by atoms with Crippen LogP contribution in [-0.4, -0.2) is 18.6 Å². The number of hydrogen-bond acceptors (Lipinski definition) is 5. The average molecular weight is 291 g/mol. The zero-order valence-electron chi connectivity index (χ0n) is 10.5. The van der Waals surface area contributed by atoms with Gasteiger partial charge in [0.1, 0.15) is 5.82 Å². The van der Waals surface area contributed by atoms with Gasteiger partial charge < -0.3 is 5.73 Å². The summed E-state index contributed by atoms with van der Waals surface area (Å²) in [5.74, 6) is 0.183. The van der Waals surface area contributed by atoms with Crippen molar-refractivity contribution in [2.24, 2.45) is 0 Å². The zero-order chi connectivity index (χ0) is 14.6. The second kappa shape index (κ2) is 5.73. The Morgan fingerprint density at radius 3 is 2.60 bits per heavy atom. The van der Waals surface area contributed by atoms with Crippen molar-refractivity contribution in [2.45, 2.75) is 12.3 Å². The van der Waals surface area contributed by atoms with E-state index in [0.717, 1.165) is 0 Å². The summed E-state index contributed by atoms with van der Waals surface area (Å²) < 4.78 is 26.3. The Morgan fingerprint density at radius 1 is 1.35 bits per heavy atom. The fourth-order valence-corrected chi connectivity index (χ4v) is 2.70. The molecule has 0 fully saturated rings. The van der Waals surface area contributed by atoms with Gasteiger partial charge in [-0.15, -0.1) is 0 Å². The molecule has 20 heavy (non-hydrogen) atoms. The summed E-state index contributed by atoms with van der Waals surface area (Å²) in [7, 11) is -3.48. The predicted molar refractivity (Wildman–Crippen MR) is 73.6 cm³/mol. The van der Waals surface area contributed by atoms with E-state index in [4.69, 9.17) is 11.0 Å². The van der Waals surface area contributed by atoms with E-state index in [-0.39, 0.29) is 12.3 Å². The van der Waals surface area contributed by atoms with Crippen molar-refractivity contribution >= 4 is 15.8 Å². The normalized spacial score (nSPS) is 11.2. The van der Waals surface area contributed by atoms with E-state index in [1.54, 1.807) is 24.3 Å². The molecule has 0 aliphatic carbocycles. The van der Waals surface area contributed by atoms with Crippen molar-refractivity contribution < 1.29 is 8.42 Å². The predicted octanol–water partition coefficient (Wildman–Crippen LogP) is 0.483. The van der Waals surface area contributed by atoms with E-state index in [2.05, 4.69) is 14.9 Å². The van der Waals surface area contributed by atoms with Gasteiger partial charge in [0.2, 0.25) is 10.0 Å². The summed E-state index contributed by atoms with van der Waals surface area (Å²) in [4.78, 5) is 0. The molecular formula is C12H13N5O2S. The summed E-state index contributed by atoms with van der Waals surface area (Å²) >= 11 is 0. The van der Waals surface area contributed by atoms with Gasteiger partial charge in [-0.2, -0.15) is 10.4 Å². The maximum atomic E-state index is 11.9. The summed E-state index contributed by atoms with van der Waals surface area (Å²) in [6.07, 6.45) is 1.47. The molecule has 0 unspecified atom stereocenters. The highest BCUT2D eigenvalue weighted by Crippen LogP contribution is 2.09. The number of sulfonamides is 1. The van der Waals surface area contributed by atoms with Crippen LogP contribution >= 0.6 is 0 Å². The highest BCUT2D eigenvalue weighted by Gasteiger charge is 2.12. The van der Waals surface area contributed by atoms with Crippen molar-refractivity contribution in [1.29, 1.82) is 5.26 Å². The lowest BCUT2D eigenvalue weighted by atomic mass is 10.2. The Kier molecular flexibility index (Phi) is 4.02. The number of rotatable bonds is 5. The van der Waals surface area contributed by atoms with Crippen molar-refractivity contribution in [3.05, 3.63) is 47.2 Å². The molecule has 8 heteroatoms. The van der Waals surface area contributed by atoms with E-state index in [9.17, 15) is 8.42 Å². The summed E-state index contributed by atoms with van der Waals surface area (Å²) in [5.41, 5.74) is 7.26. The number of benzene rings is 1. The Bertz CT molecular complexity index is 728. The molecule has 2 aromatic rings. The third kappa shape index (κ3) is 3.57. The highest BCUT2D eigenvalue weighted by atomic mass is 32.2. The van der Waals surface area contributed by atoms with E-state index < -0.39 is 10.0 Å². The van der Waals surface area contributed by atoms with Crippen LogP contribution in [0.25, 0.3) is 0 Å². The van der Waals surface area contributed by atoms with Crippen LogP contribution in [-0.2, 0) is 22.3 Å². The molecule has 0 saturated carbocycles. The highest BCUT2D eigenvalue weighted by molar-refractivity contribution is 7.88. The minimum absolute atomic E-state index is 0.0843. The number of hydrogen-bond donors (Lipinski definition) is 3. The van der Waals surface area contributed by atoms with Crippen LogP contribution < -0.4 is 10.5 Å². The number of nitrogens with zero attached hydrogens (tertiary/aromatic N) is 2. The Hall–Kier alpha value is -2.37. The molecule has 1 aromatic carbocycles.